The molecule has 0 aliphatic heterocycles. The van der Waals surface area contributed by atoms with E-state index in [1.54, 1.807) is 12.3 Å². The zero-order chi connectivity index (χ0) is 13.1. The van der Waals surface area contributed by atoms with Crippen LogP contribution in [0.4, 0.5) is 0 Å². The summed E-state index contributed by atoms with van der Waals surface area (Å²) < 4.78 is 1.81. The van der Waals surface area contributed by atoms with Gasteiger partial charge in [-0.15, -0.1) is 0 Å². The van der Waals surface area contributed by atoms with Gasteiger partial charge in [0.1, 0.15) is 5.69 Å². The highest BCUT2D eigenvalue weighted by Crippen LogP contribution is 2.20. The number of rotatable bonds is 3. The van der Waals surface area contributed by atoms with E-state index in [0.717, 1.165) is 25.7 Å². The van der Waals surface area contributed by atoms with Crippen LogP contribution in [0.25, 0.3) is 0 Å². The van der Waals surface area contributed by atoms with Crippen LogP contribution in [0.15, 0.2) is 12.3 Å². The molecule has 0 spiro atoms. The third-order valence-electron chi connectivity index (χ3n) is 3.48. The fourth-order valence-electron chi connectivity index (χ4n) is 2.45. The number of amides is 1. The summed E-state index contributed by atoms with van der Waals surface area (Å²) >= 11 is 5.91. The minimum absolute atomic E-state index is 0.134. The van der Waals surface area contributed by atoms with Gasteiger partial charge in [-0.25, -0.2) is 0 Å². The van der Waals surface area contributed by atoms with Crippen molar-refractivity contribution in [1.29, 1.82) is 0 Å². The first-order valence-corrected chi connectivity index (χ1v) is 6.84. The fraction of sp³-hybridized carbons (Fsp3) is 0.615. The second-order valence-corrected chi connectivity index (χ2v) is 5.20. The van der Waals surface area contributed by atoms with Gasteiger partial charge in [0.05, 0.1) is 17.2 Å². The highest BCUT2D eigenvalue weighted by atomic mass is 35.5. The first-order valence-electron chi connectivity index (χ1n) is 6.46. The normalized spacial score (nSPS) is 23.9. The number of nitrogens with one attached hydrogen (secondary N) is 1. The SMILES string of the molecule is CCn1cc(Cl)cc1C(=O)N[C@@H]1CCCC[C@H]1O. The number of aromatic nitrogens is 1. The Labute approximate surface area is 112 Å². The Bertz CT molecular complexity index is 431. The number of aliphatic hydroxyl groups is 1. The number of carbonyl (C=O) groups excluding carboxylic acids is 1. The van der Waals surface area contributed by atoms with Crippen LogP contribution in [-0.2, 0) is 6.54 Å². The molecule has 1 aliphatic carbocycles. The number of carbonyl (C=O) groups is 1. The van der Waals surface area contributed by atoms with Crippen LogP contribution in [0.2, 0.25) is 5.02 Å². The van der Waals surface area contributed by atoms with Gasteiger partial charge in [0.15, 0.2) is 0 Å². The molecule has 0 aromatic carbocycles. The number of aryl methyl sites for hydroxylation is 1. The van der Waals surface area contributed by atoms with Crippen LogP contribution in [0.5, 0.6) is 0 Å². The van der Waals surface area contributed by atoms with Crippen LogP contribution in [-0.4, -0.2) is 27.7 Å². The number of nitrogens with zero attached hydrogens (tertiary/aromatic N) is 1. The summed E-state index contributed by atoms with van der Waals surface area (Å²) in [5, 5.41) is 13.3. The molecule has 5 heteroatoms. The summed E-state index contributed by atoms with van der Waals surface area (Å²) in [4.78, 5) is 12.1. The van der Waals surface area contributed by atoms with Crippen molar-refractivity contribution in [3.63, 3.8) is 0 Å². The van der Waals surface area contributed by atoms with Gasteiger partial charge in [-0.2, -0.15) is 0 Å². The highest BCUT2D eigenvalue weighted by Gasteiger charge is 2.25. The van der Waals surface area contributed by atoms with E-state index in [-0.39, 0.29) is 11.9 Å². The monoisotopic (exact) mass is 270 g/mol. The Hall–Kier alpha value is -1.00. The molecule has 1 amide bonds. The van der Waals surface area contributed by atoms with Gasteiger partial charge in [0.25, 0.3) is 5.91 Å². The van der Waals surface area contributed by atoms with Crippen molar-refractivity contribution < 1.29 is 9.90 Å². The Morgan fingerprint density at radius 3 is 2.94 bits per heavy atom. The summed E-state index contributed by atoms with van der Waals surface area (Å²) in [5.41, 5.74) is 0.556. The van der Waals surface area contributed by atoms with Crippen molar-refractivity contribution in [1.82, 2.24) is 9.88 Å². The molecular weight excluding hydrogens is 252 g/mol. The van der Waals surface area contributed by atoms with E-state index in [9.17, 15) is 9.90 Å². The second kappa shape index (κ2) is 5.76. The molecule has 4 nitrogen and oxygen atoms in total. The van der Waals surface area contributed by atoms with E-state index >= 15 is 0 Å². The van der Waals surface area contributed by atoms with E-state index in [1.165, 1.54) is 0 Å². The summed E-state index contributed by atoms with van der Waals surface area (Å²) in [6.45, 7) is 2.66. The number of hydrogen-bond donors (Lipinski definition) is 2. The average molecular weight is 271 g/mol. The molecule has 18 heavy (non-hydrogen) atoms. The Kier molecular flexibility index (Phi) is 4.30. The zero-order valence-corrected chi connectivity index (χ0v) is 11.3. The largest absolute Gasteiger partial charge is 0.391 e. The third kappa shape index (κ3) is 2.87. The Morgan fingerprint density at radius 2 is 2.28 bits per heavy atom. The van der Waals surface area contributed by atoms with Gasteiger partial charge in [0, 0.05) is 12.7 Å². The summed E-state index contributed by atoms with van der Waals surface area (Å²) in [7, 11) is 0. The number of hydrogen-bond acceptors (Lipinski definition) is 2. The van der Waals surface area contributed by atoms with Gasteiger partial charge in [-0.1, -0.05) is 24.4 Å². The van der Waals surface area contributed by atoms with Crippen LogP contribution in [0.3, 0.4) is 0 Å². The van der Waals surface area contributed by atoms with E-state index in [0.29, 0.717) is 17.3 Å². The van der Waals surface area contributed by atoms with Crippen LogP contribution in [0, 0.1) is 0 Å². The molecule has 1 aromatic rings. The molecule has 0 saturated heterocycles. The maximum atomic E-state index is 12.1. The molecule has 1 heterocycles. The lowest BCUT2D eigenvalue weighted by atomic mass is 9.92. The number of aliphatic hydroxyl groups excluding tert-OH is 1. The smallest absolute Gasteiger partial charge is 0.268 e. The lowest BCUT2D eigenvalue weighted by Gasteiger charge is -2.28. The molecule has 2 N–H and O–H groups in total. The lowest BCUT2D eigenvalue weighted by Crippen LogP contribution is -2.45. The first kappa shape index (κ1) is 13.4. The molecule has 0 bridgehead atoms. The fourth-order valence-corrected chi connectivity index (χ4v) is 2.67. The second-order valence-electron chi connectivity index (χ2n) is 4.76. The van der Waals surface area contributed by atoms with Gasteiger partial charge in [-0.3, -0.25) is 4.79 Å². The van der Waals surface area contributed by atoms with Crippen LogP contribution in [0.1, 0.15) is 43.1 Å². The third-order valence-corrected chi connectivity index (χ3v) is 3.69. The topological polar surface area (TPSA) is 54.3 Å². The maximum Gasteiger partial charge on any atom is 0.268 e. The molecule has 2 rings (SSSR count). The average Bonchev–Trinajstić information content (AvgIpc) is 2.73. The molecule has 0 radical (unpaired) electrons. The number of halogens is 1. The van der Waals surface area contributed by atoms with E-state index in [4.69, 9.17) is 11.6 Å². The lowest BCUT2D eigenvalue weighted by molar-refractivity contribution is 0.0711. The van der Waals surface area contributed by atoms with Gasteiger partial charge in [-0.05, 0) is 25.8 Å². The summed E-state index contributed by atoms with van der Waals surface area (Å²) in [6.07, 6.45) is 5.01. The maximum absolute atomic E-state index is 12.1. The summed E-state index contributed by atoms with van der Waals surface area (Å²) in [5.74, 6) is -0.158. The van der Waals surface area contributed by atoms with Crippen molar-refractivity contribution in [3.05, 3.63) is 23.0 Å². The van der Waals surface area contributed by atoms with E-state index in [2.05, 4.69) is 5.32 Å². The van der Waals surface area contributed by atoms with E-state index < -0.39 is 6.10 Å². The molecule has 1 saturated carbocycles. The molecule has 100 valence electrons. The quantitative estimate of drug-likeness (QED) is 0.885. The molecule has 0 unspecified atom stereocenters. The standard InChI is InChI=1S/C13H19ClN2O2/c1-2-16-8-9(14)7-11(16)13(18)15-10-5-3-4-6-12(10)17/h7-8,10,12,17H,2-6H2,1H3,(H,15,18)/t10-,12-/m1/s1. The minimum atomic E-state index is -0.428. The summed E-state index contributed by atoms with van der Waals surface area (Å²) in [6, 6.07) is 1.53. The Morgan fingerprint density at radius 1 is 1.56 bits per heavy atom. The van der Waals surface area contributed by atoms with Gasteiger partial charge < -0.3 is 15.0 Å². The van der Waals surface area contributed by atoms with E-state index in [1.807, 2.05) is 11.5 Å². The minimum Gasteiger partial charge on any atom is -0.391 e. The molecular formula is C13H19ClN2O2. The molecule has 1 aliphatic rings. The Balaban J connectivity index is 2.06. The van der Waals surface area contributed by atoms with Crippen molar-refractivity contribution in [3.8, 4) is 0 Å². The molecule has 2 atom stereocenters. The van der Waals surface area contributed by atoms with Gasteiger partial charge in [0.2, 0.25) is 0 Å². The van der Waals surface area contributed by atoms with Crippen molar-refractivity contribution in [2.45, 2.75) is 51.3 Å². The van der Waals surface area contributed by atoms with Crippen LogP contribution < -0.4 is 5.32 Å². The van der Waals surface area contributed by atoms with Crippen molar-refractivity contribution in [2.75, 3.05) is 0 Å². The highest BCUT2D eigenvalue weighted by molar-refractivity contribution is 6.31. The molecule has 1 aromatic heterocycles. The predicted molar refractivity (Wildman–Crippen MR) is 70.8 cm³/mol. The van der Waals surface area contributed by atoms with Crippen molar-refractivity contribution >= 4 is 17.5 Å². The van der Waals surface area contributed by atoms with Crippen molar-refractivity contribution in [2.24, 2.45) is 0 Å². The van der Waals surface area contributed by atoms with Crippen LogP contribution >= 0.6 is 11.6 Å². The first-order chi connectivity index (χ1) is 8.61. The molecule has 1 fully saturated rings. The zero-order valence-electron chi connectivity index (χ0n) is 10.5. The van der Waals surface area contributed by atoms with Gasteiger partial charge >= 0.3 is 0 Å². The predicted octanol–water partition coefficient (Wildman–Crippen LogP) is 2.19.